The Morgan fingerprint density at radius 3 is 2.56 bits per heavy atom. The number of fused-ring (bicyclic) bond motifs is 1. The van der Waals surface area contributed by atoms with Gasteiger partial charge >= 0.3 is 0 Å². The molecule has 1 aromatic carbocycles. The van der Waals surface area contributed by atoms with Gasteiger partial charge in [0.05, 0.1) is 16.2 Å². The minimum atomic E-state index is -0.272. The summed E-state index contributed by atoms with van der Waals surface area (Å²) in [5.41, 5.74) is 0.737. The van der Waals surface area contributed by atoms with Gasteiger partial charge in [-0.1, -0.05) is 49.6 Å². The summed E-state index contributed by atoms with van der Waals surface area (Å²) >= 11 is 1.42. The number of carbonyl (C=O) groups is 1. The number of amides is 1. The quantitative estimate of drug-likeness (QED) is 0.623. The summed E-state index contributed by atoms with van der Waals surface area (Å²) in [4.78, 5) is 30.6. The first kappa shape index (κ1) is 18.5. The number of aromatic nitrogens is 2. The Kier molecular flexibility index (Phi) is 5.53. The van der Waals surface area contributed by atoms with E-state index in [0.717, 1.165) is 38.5 Å². The number of benzene rings is 1. The van der Waals surface area contributed by atoms with Gasteiger partial charge in [0, 0.05) is 12.1 Å². The number of thioether (sulfide) groups is 1. The van der Waals surface area contributed by atoms with Crippen LogP contribution in [-0.2, 0) is 4.79 Å². The minimum absolute atomic E-state index is 0.0263. The highest BCUT2D eigenvalue weighted by Crippen LogP contribution is 2.33. The Labute approximate surface area is 163 Å². The van der Waals surface area contributed by atoms with Crippen LogP contribution in [0.15, 0.2) is 34.2 Å². The Balaban J connectivity index is 1.63. The average Bonchev–Trinajstić information content (AvgIpc) is 3.36. The summed E-state index contributed by atoms with van der Waals surface area (Å²) in [5.74, 6) is 0.0484. The molecule has 2 fully saturated rings. The Morgan fingerprint density at radius 1 is 1.15 bits per heavy atom. The van der Waals surface area contributed by atoms with Gasteiger partial charge in [-0.25, -0.2) is 4.98 Å². The monoisotopic (exact) mass is 385 g/mol. The van der Waals surface area contributed by atoms with Crippen LogP contribution in [0, 0.1) is 0 Å². The van der Waals surface area contributed by atoms with Crippen LogP contribution in [0.2, 0.25) is 0 Å². The van der Waals surface area contributed by atoms with Crippen molar-refractivity contribution in [3.05, 3.63) is 34.6 Å². The molecule has 6 heteroatoms. The summed E-state index contributed by atoms with van der Waals surface area (Å²) < 4.78 is 1.86. The predicted molar refractivity (Wildman–Crippen MR) is 109 cm³/mol. The van der Waals surface area contributed by atoms with Crippen molar-refractivity contribution >= 4 is 28.6 Å². The Bertz CT molecular complexity index is 883. The van der Waals surface area contributed by atoms with Gasteiger partial charge in [0.15, 0.2) is 5.16 Å². The number of para-hydroxylation sites is 1. The van der Waals surface area contributed by atoms with Crippen molar-refractivity contribution in [1.29, 1.82) is 0 Å². The van der Waals surface area contributed by atoms with E-state index in [0.29, 0.717) is 22.1 Å². The van der Waals surface area contributed by atoms with Crippen molar-refractivity contribution in [1.82, 2.24) is 14.9 Å². The van der Waals surface area contributed by atoms with Crippen molar-refractivity contribution in [3.8, 4) is 0 Å². The summed E-state index contributed by atoms with van der Waals surface area (Å²) in [5, 5.41) is 4.24. The third-order valence-corrected chi connectivity index (χ3v) is 6.88. The summed E-state index contributed by atoms with van der Waals surface area (Å²) in [6.07, 6.45) is 8.85. The normalized spacial score (nSPS) is 19.6. The predicted octanol–water partition coefficient (Wildman–Crippen LogP) is 4.05. The lowest BCUT2D eigenvalue weighted by atomic mass is 10.2. The molecule has 1 aromatic heterocycles. The zero-order chi connectivity index (χ0) is 18.8. The molecule has 4 rings (SSSR count). The largest absolute Gasteiger partial charge is 0.352 e. The maximum Gasteiger partial charge on any atom is 0.262 e. The molecule has 144 valence electrons. The van der Waals surface area contributed by atoms with Crippen molar-refractivity contribution in [2.75, 3.05) is 0 Å². The fraction of sp³-hybridized carbons (Fsp3) is 0.571. The van der Waals surface area contributed by atoms with Crippen molar-refractivity contribution in [2.24, 2.45) is 0 Å². The third-order valence-electron chi connectivity index (χ3n) is 5.82. The number of nitrogens with one attached hydrogen (secondary N) is 1. The average molecular weight is 386 g/mol. The molecular weight excluding hydrogens is 358 g/mol. The minimum Gasteiger partial charge on any atom is -0.352 e. The molecule has 2 aliphatic carbocycles. The van der Waals surface area contributed by atoms with Gasteiger partial charge in [0.25, 0.3) is 5.56 Å². The van der Waals surface area contributed by atoms with E-state index in [1.807, 2.05) is 35.8 Å². The highest BCUT2D eigenvalue weighted by Gasteiger charge is 2.26. The Morgan fingerprint density at radius 2 is 1.81 bits per heavy atom. The first-order chi connectivity index (χ1) is 13.1. The lowest BCUT2D eigenvalue weighted by Crippen LogP contribution is -2.38. The van der Waals surface area contributed by atoms with Gasteiger partial charge < -0.3 is 5.32 Å². The van der Waals surface area contributed by atoms with E-state index in [4.69, 9.17) is 4.98 Å². The van der Waals surface area contributed by atoms with E-state index in [1.54, 1.807) is 0 Å². The zero-order valence-electron chi connectivity index (χ0n) is 15.8. The van der Waals surface area contributed by atoms with Crippen LogP contribution in [0.3, 0.4) is 0 Å². The van der Waals surface area contributed by atoms with Crippen LogP contribution >= 0.6 is 11.8 Å². The maximum absolute atomic E-state index is 13.2. The van der Waals surface area contributed by atoms with E-state index >= 15 is 0 Å². The number of hydrogen-bond donors (Lipinski definition) is 1. The van der Waals surface area contributed by atoms with Gasteiger partial charge in [-0.2, -0.15) is 0 Å². The molecule has 1 amide bonds. The van der Waals surface area contributed by atoms with E-state index in [9.17, 15) is 9.59 Å². The van der Waals surface area contributed by atoms with Gasteiger partial charge in [-0.15, -0.1) is 0 Å². The first-order valence-electron chi connectivity index (χ1n) is 10.1. The molecule has 2 aliphatic rings. The summed E-state index contributed by atoms with van der Waals surface area (Å²) in [6.45, 7) is 1.91. The number of hydrogen-bond acceptors (Lipinski definition) is 4. The standard InChI is InChI=1S/C21H27N3O2S/c1-14(19(25)22-15-8-2-3-9-15)27-21-23-18-13-7-6-12-17(18)20(26)24(21)16-10-4-5-11-16/h6-7,12-16H,2-5,8-11H2,1H3,(H,22,25)/t14-/m0/s1. The molecule has 0 spiro atoms. The van der Waals surface area contributed by atoms with Crippen molar-refractivity contribution < 1.29 is 4.79 Å². The fourth-order valence-electron chi connectivity index (χ4n) is 4.29. The van der Waals surface area contributed by atoms with Crippen LogP contribution in [0.1, 0.15) is 64.3 Å². The fourth-order valence-corrected chi connectivity index (χ4v) is 5.28. The third kappa shape index (κ3) is 3.91. The van der Waals surface area contributed by atoms with Gasteiger partial charge in [0.1, 0.15) is 0 Å². The smallest absolute Gasteiger partial charge is 0.262 e. The topological polar surface area (TPSA) is 64.0 Å². The van der Waals surface area contributed by atoms with Crippen molar-refractivity contribution in [2.45, 2.75) is 80.8 Å². The molecule has 1 N–H and O–H groups in total. The first-order valence-corrected chi connectivity index (χ1v) is 11.0. The molecule has 2 saturated carbocycles. The molecule has 0 saturated heterocycles. The van der Waals surface area contributed by atoms with Crippen LogP contribution in [-0.4, -0.2) is 26.8 Å². The van der Waals surface area contributed by atoms with E-state index < -0.39 is 0 Å². The highest BCUT2D eigenvalue weighted by atomic mass is 32.2. The molecule has 2 aromatic rings. The van der Waals surface area contributed by atoms with Gasteiger partial charge in [-0.3, -0.25) is 14.2 Å². The maximum atomic E-state index is 13.2. The van der Waals surface area contributed by atoms with Crippen LogP contribution < -0.4 is 10.9 Å². The molecular formula is C21H27N3O2S. The molecule has 5 nitrogen and oxygen atoms in total. The zero-order valence-corrected chi connectivity index (χ0v) is 16.6. The molecule has 0 unspecified atom stereocenters. The highest BCUT2D eigenvalue weighted by molar-refractivity contribution is 8.00. The van der Waals surface area contributed by atoms with Crippen LogP contribution in [0.25, 0.3) is 10.9 Å². The summed E-state index contributed by atoms with van der Waals surface area (Å²) in [7, 11) is 0. The van der Waals surface area contributed by atoms with E-state index in [1.165, 1.54) is 24.6 Å². The second kappa shape index (κ2) is 8.05. The molecule has 1 atom stereocenters. The molecule has 27 heavy (non-hydrogen) atoms. The second-order valence-corrected chi connectivity index (χ2v) is 9.08. The van der Waals surface area contributed by atoms with Gasteiger partial charge in [0.2, 0.25) is 5.91 Å². The SMILES string of the molecule is C[C@H](Sc1nc2ccccc2c(=O)n1C1CCCC1)C(=O)NC1CCCC1. The Hall–Kier alpha value is -1.82. The number of nitrogens with zero attached hydrogens (tertiary/aromatic N) is 2. The van der Waals surface area contributed by atoms with Gasteiger partial charge in [-0.05, 0) is 44.7 Å². The van der Waals surface area contributed by atoms with Crippen LogP contribution in [0.4, 0.5) is 0 Å². The molecule has 0 bridgehead atoms. The summed E-state index contributed by atoms with van der Waals surface area (Å²) in [6, 6.07) is 8.02. The van der Waals surface area contributed by atoms with Crippen LogP contribution in [0.5, 0.6) is 0 Å². The second-order valence-electron chi connectivity index (χ2n) is 7.78. The number of carbonyl (C=O) groups excluding carboxylic acids is 1. The lowest BCUT2D eigenvalue weighted by Gasteiger charge is -2.21. The molecule has 1 heterocycles. The van der Waals surface area contributed by atoms with E-state index in [-0.39, 0.29) is 22.8 Å². The van der Waals surface area contributed by atoms with E-state index in [2.05, 4.69) is 5.32 Å². The molecule has 0 aliphatic heterocycles. The molecule has 0 radical (unpaired) electrons. The number of rotatable bonds is 5. The lowest BCUT2D eigenvalue weighted by molar-refractivity contribution is -0.120. The van der Waals surface area contributed by atoms with Crippen molar-refractivity contribution in [3.63, 3.8) is 0 Å².